The second-order valence-electron chi connectivity index (χ2n) is 10.3. The van der Waals surface area contributed by atoms with Crippen molar-refractivity contribution in [3.05, 3.63) is 70.8 Å². The molecule has 202 valence electrons. The molecule has 0 radical (unpaired) electrons. The molecule has 0 aromatic carbocycles. The Morgan fingerprint density at radius 3 is 2.67 bits per heavy atom. The summed E-state index contributed by atoms with van der Waals surface area (Å²) in [4.78, 5) is 27.4. The first-order valence-corrected chi connectivity index (χ1v) is 13.4. The molecule has 2 N–H and O–H groups in total. The molecule has 0 amide bonds. The number of hydrogen-bond acceptors (Lipinski definition) is 9. The molecule has 6 rings (SSSR count). The standard InChI is InChI=1S/C28H33N9O2/c1-4-12-36-27(38)25-21(37(36)24-9-6-19-10-11-28(39,5-2)26(19)31-24)17-23(32-33-25)30-22-8-7-20(18-29-22)35-15-13-34(3)14-16-35/h4,6-9,17-18,39H,1,5,10-16H2,2-3H3,(H,29,30,32). The summed E-state index contributed by atoms with van der Waals surface area (Å²) >= 11 is 0. The molecule has 5 heterocycles. The summed E-state index contributed by atoms with van der Waals surface area (Å²) in [5, 5.41) is 22.9. The molecule has 0 spiro atoms. The number of allylic oxidation sites excluding steroid dienone is 1. The molecule has 11 heteroatoms. The van der Waals surface area contributed by atoms with Crippen molar-refractivity contribution in [2.75, 3.05) is 43.4 Å². The van der Waals surface area contributed by atoms with Crippen molar-refractivity contribution in [1.29, 1.82) is 0 Å². The van der Waals surface area contributed by atoms with Gasteiger partial charge in [0.1, 0.15) is 16.9 Å². The summed E-state index contributed by atoms with van der Waals surface area (Å²) in [5.41, 5.74) is 2.32. The lowest BCUT2D eigenvalue weighted by Gasteiger charge is -2.33. The normalized spacial score (nSPS) is 19.4. The Hall–Kier alpha value is -4.09. The van der Waals surface area contributed by atoms with E-state index in [9.17, 15) is 9.90 Å². The van der Waals surface area contributed by atoms with Crippen LogP contribution < -0.4 is 15.8 Å². The molecule has 1 aliphatic heterocycles. The van der Waals surface area contributed by atoms with Gasteiger partial charge in [-0.05, 0) is 50.1 Å². The number of rotatable bonds is 7. The Balaban J connectivity index is 1.36. The summed E-state index contributed by atoms with van der Waals surface area (Å²) in [6.07, 6.45) is 5.51. The van der Waals surface area contributed by atoms with E-state index in [1.165, 1.54) is 4.68 Å². The van der Waals surface area contributed by atoms with Gasteiger partial charge in [0.05, 0.1) is 24.1 Å². The predicted octanol–water partition coefficient (Wildman–Crippen LogP) is 2.60. The van der Waals surface area contributed by atoms with Crippen molar-refractivity contribution in [3.8, 4) is 5.82 Å². The highest BCUT2D eigenvalue weighted by Gasteiger charge is 2.37. The fraction of sp³-hybridized carbons (Fsp3) is 0.393. The third kappa shape index (κ3) is 4.47. The van der Waals surface area contributed by atoms with Gasteiger partial charge in [0.15, 0.2) is 17.2 Å². The number of fused-ring (bicyclic) bond motifs is 2. The molecular weight excluding hydrogens is 494 g/mol. The number of nitrogens with one attached hydrogen (secondary N) is 1. The SMILES string of the molecule is C=CCn1c(=O)c2nnc(Nc3ccc(N4CCN(C)CC4)cn3)cc2n1-c1ccc2c(n1)C(O)(CC)CC2. The number of nitrogens with zero attached hydrogens (tertiary/aromatic N) is 8. The summed E-state index contributed by atoms with van der Waals surface area (Å²) < 4.78 is 3.27. The molecule has 1 saturated heterocycles. The van der Waals surface area contributed by atoms with Crippen LogP contribution in [0.5, 0.6) is 0 Å². The molecule has 1 fully saturated rings. The van der Waals surface area contributed by atoms with Gasteiger partial charge in [-0.15, -0.1) is 16.8 Å². The van der Waals surface area contributed by atoms with E-state index in [0.717, 1.165) is 43.9 Å². The number of piperazine rings is 1. The summed E-state index contributed by atoms with van der Waals surface area (Å²) in [5.74, 6) is 1.62. The molecule has 0 saturated carbocycles. The lowest BCUT2D eigenvalue weighted by Crippen LogP contribution is -2.44. The minimum absolute atomic E-state index is 0.230. The van der Waals surface area contributed by atoms with Crippen LogP contribution in [0.4, 0.5) is 17.3 Å². The molecule has 0 bridgehead atoms. The quantitative estimate of drug-likeness (QED) is 0.350. The summed E-state index contributed by atoms with van der Waals surface area (Å²) in [6.45, 7) is 10.0. The van der Waals surface area contributed by atoms with E-state index < -0.39 is 5.60 Å². The van der Waals surface area contributed by atoms with Gasteiger partial charge in [0, 0.05) is 32.2 Å². The highest BCUT2D eigenvalue weighted by molar-refractivity contribution is 5.78. The largest absolute Gasteiger partial charge is 0.384 e. The number of hydrogen-bond donors (Lipinski definition) is 2. The van der Waals surface area contributed by atoms with Crippen LogP contribution in [-0.4, -0.2) is 72.8 Å². The zero-order valence-electron chi connectivity index (χ0n) is 22.3. The Kier molecular flexibility index (Phi) is 6.40. The fourth-order valence-corrected chi connectivity index (χ4v) is 5.48. The maximum absolute atomic E-state index is 13.3. The van der Waals surface area contributed by atoms with Gasteiger partial charge in [-0.25, -0.2) is 19.3 Å². The summed E-state index contributed by atoms with van der Waals surface area (Å²) in [6, 6.07) is 9.61. The zero-order valence-corrected chi connectivity index (χ0v) is 22.3. The third-order valence-electron chi connectivity index (χ3n) is 7.87. The van der Waals surface area contributed by atoms with E-state index in [4.69, 9.17) is 4.98 Å². The Bertz CT molecular complexity index is 1590. The van der Waals surface area contributed by atoms with Crippen LogP contribution >= 0.6 is 0 Å². The van der Waals surface area contributed by atoms with Gasteiger partial charge >= 0.3 is 0 Å². The molecule has 2 aliphatic rings. The van der Waals surface area contributed by atoms with Gasteiger partial charge in [0.25, 0.3) is 5.56 Å². The topological polar surface area (TPSA) is 117 Å². The van der Waals surface area contributed by atoms with Crippen molar-refractivity contribution in [3.63, 3.8) is 0 Å². The van der Waals surface area contributed by atoms with Gasteiger partial charge in [0.2, 0.25) is 0 Å². The number of anilines is 3. The number of aromatic nitrogens is 6. The van der Waals surface area contributed by atoms with Gasteiger partial charge in [-0.3, -0.25) is 4.79 Å². The lowest BCUT2D eigenvalue weighted by atomic mass is 9.98. The Labute approximate surface area is 226 Å². The molecule has 1 unspecified atom stereocenters. The van der Waals surface area contributed by atoms with E-state index in [1.807, 2.05) is 37.4 Å². The number of aliphatic hydroxyl groups is 1. The number of pyridine rings is 2. The van der Waals surface area contributed by atoms with Crippen molar-refractivity contribution >= 4 is 28.4 Å². The monoisotopic (exact) mass is 527 g/mol. The first-order valence-electron chi connectivity index (χ1n) is 13.4. The van der Waals surface area contributed by atoms with E-state index in [0.29, 0.717) is 41.5 Å². The Morgan fingerprint density at radius 1 is 1.13 bits per heavy atom. The third-order valence-corrected chi connectivity index (χ3v) is 7.87. The van der Waals surface area contributed by atoms with E-state index in [2.05, 4.69) is 43.9 Å². The van der Waals surface area contributed by atoms with Crippen LogP contribution in [0.25, 0.3) is 16.9 Å². The molecule has 11 nitrogen and oxygen atoms in total. The van der Waals surface area contributed by atoms with Crippen molar-refractivity contribution in [1.82, 2.24) is 34.4 Å². The average molecular weight is 528 g/mol. The second kappa shape index (κ2) is 9.90. The predicted molar refractivity (Wildman–Crippen MR) is 151 cm³/mol. The average Bonchev–Trinajstić information content (AvgIpc) is 3.43. The summed E-state index contributed by atoms with van der Waals surface area (Å²) in [7, 11) is 2.14. The first-order chi connectivity index (χ1) is 18.9. The van der Waals surface area contributed by atoms with Gasteiger partial charge in [-0.2, -0.15) is 0 Å². The molecular formula is C28H33N9O2. The van der Waals surface area contributed by atoms with Crippen molar-refractivity contribution in [2.45, 2.75) is 38.3 Å². The Morgan fingerprint density at radius 2 is 1.95 bits per heavy atom. The van der Waals surface area contributed by atoms with Gasteiger partial charge in [-0.1, -0.05) is 19.1 Å². The van der Waals surface area contributed by atoms with Gasteiger partial charge < -0.3 is 20.2 Å². The zero-order chi connectivity index (χ0) is 27.1. The minimum Gasteiger partial charge on any atom is -0.384 e. The van der Waals surface area contributed by atoms with E-state index in [1.54, 1.807) is 16.8 Å². The van der Waals surface area contributed by atoms with Crippen LogP contribution in [0, 0.1) is 0 Å². The minimum atomic E-state index is -0.966. The van der Waals surface area contributed by atoms with Crippen LogP contribution in [-0.2, 0) is 18.6 Å². The smallest absolute Gasteiger partial charge is 0.295 e. The van der Waals surface area contributed by atoms with Crippen LogP contribution in [0.3, 0.4) is 0 Å². The van der Waals surface area contributed by atoms with E-state index in [-0.39, 0.29) is 17.6 Å². The fourth-order valence-electron chi connectivity index (χ4n) is 5.48. The molecule has 39 heavy (non-hydrogen) atoms. The lowest BCUT2D eigenvalue weighted by molar-refractivity contribution is 0.0306. The highest BCUT2D eigenvalue weighted by Crippen LogP contribution is 2.38. The van der Waals surface area contributed by atoms with Crippen LogP contribution in [0.1, 0.15) is 31.0 Å². The van der Waals surface area contributed by atoms with Crippen molar-refractivity contribution < 1.29 is 5.11 Å². The highest BCUT2D eigenvalue weighted by atomic mass is 16.3. The van der Waals surface area contributed by atoms with Crippen LogP contribution in [0.15, 0.2) is 54.0 Å². The van der Waals surface area contributed by atoms with Crippen LogP contribution in [0.2, 0.25) is 0 Å². The van der Waals surface area contributed by atoms with Crippen molar-refractivity contribution in [2.24, 2.45) is 0 Å². The second-order valence-corrected chi connectivity index (χ2v) is 10.3. The maximum Gasteiger partial charge on any atom is 0.295 e. The molecule has 1 aliphatic carbocycles. The molecule has 4 aromatic heterocycles. The van der Waals surface area contributed by atoms with E-state index >= 15 is 0 Å². The molecule has 1 atom stereocenters. The number of aryl methyl sites for hydroxylation is 1. The maximum atomic E-state index is 13.3. The first kappa shape index (κ1) is 25.2. The molecule has 4 aromatic rings. The number of likely N-dealkylation sites (N-methyl/N-ethyl adjacent to an activating group) is 1.